The standard InChI is InChI=1S/C9H17N3O2/c1-7-11-8(14-12-7)6-10-5-4-9(2,3)13/h10,13H,4-6H2,1-3H3. The van der Waals surface area contributed by atoms with E-state index in [1.807, 2.05) is 0 Å². The van der Waals surface area contributed by atoms with Gasteiger partial charge in [-0.15, -0.1) is 0 Å². The summed E-state index contributed by atoms with van der Waals surface area (Å²) in [5.41, 5.74) is -0.627. The molecule has 0 atom stereocenters. The molecule has 1 aromatic rings. The van der Waals surface area contributed by atoms with Crippen LogP contribution in [0.5, 0.6) is 0 Å². The third kappa shape index (κ3) is 4.34. The monoisotopic (exact) mass is 199 g/mol. The number of hydrogen-bond acceptors (Lipinski definition) is 5. The van der Waals surface area contributed by atoms with Crippen LogP contribution in [0.15, 0.2) is 4.52 Å². The van der Waals surface area contributed by atoms with Crippen LogP contribution in [0.4, 0.5) is 0 Å². The van der Waals surface area contributed by atoms with Gasteiger partial charge in [-0.2, -0.15) is 4.98 Å². The van der Waals surface area contributed by atoms with Crippen molar-refractivity contribution < 1.29 is 9.63 Å². The van der Waals surface area contributed by atoms with Crippen LogP contribution in [-0.2, 0) is 6.54 Å². The maximum absolute atomic E-state index is 9.43. The van der Waals surface area contributed by atoms with E-state index in [1.165, 1.54) is 0 Å². The summed E-state index contributed by atoms with van der Waals surface area (Å²) in [6.07, 6.45) is 0.695. The molecular formula is C9H17N3O2. The summed E-state index contributed by atoms with van der Waals surface area (Å²) in [7, 11) is 0. The molecule has 80 valence electrons. The van der Waals surface area contributed by atoms with Crippen LogP contribution in [0.3, 0.4) is 0 Å². The van der Waals surface area contributed by atoms with Crippen molar-refractivity contribution in [1.82, 2.24) is 15.5 Å². The Morgan fingerprint density at radius 2 is 2.21 bits per heavy atom. The summed E-state index contributed by atoms with van der Waals surface area (Å²) in [6, 6.07) is 0. The Bertz CT molecular complexity index is 278. The molecule has 0 unspecified atom stereocenters. The normalized spacial score (nSPS) is 12.0. The minimum Gasteiger partial charge on any atom is -0.390 e. The maximum atomic E-state index is 9.43. The van der Waals surface area contributed by atoms with Crippen molar-refractivity contribution >= 4 is 0 Å². The van der Waals surface area contributed by atoms with Gasteiger partial charge in [-0.05, 0) is 33.7 Å². The average molecular weight is 199 g/mol. The fourth-order valence-corrected chi connectivity index (χ4v) is 1.00. The second-order valence-corrected chi connectivity index (χ2v) is 3.97. The third-order valence-corrected chi connectivity index (χ3v) is 1.76. The van der Waals surface area contributed by atoms with Crippen molar-refractivity contribution in [2.45, 2.75) is 39.3 Å². The SMILES string of the molecule is Cc1noc(CNCCC(C)(C)O)n1. The van der Waals surface area contributed by atoms with Gasteiger partial charge >= 0.3 is 0 Å². The molecule has 0 radical (unpaired) electrons. The molecule has 0 aliphatic rings. The number of aliphatic hydroxyl groups is 1. The summed E-state index contributed by atoms with van der Waals surface area (Å²) in [5, 5.41) is 16.2. The molecule has 0 aliphatic heterocycles. The van der Waals surface area contributed by atoms with Crippen LogP contribution in [0, 0.1) is 6.92 Å². The van der Waals surface area contributed by atoms with Gasteiger partial charge in [-0.1, -0.05) is 5.16 Å². The largest absolute Gasteiger partial charge is 0.390 e. The van der Waals surface area contributed by atoms with E-state index < -0.39 is 5.60 Å². The van der Waals surface area contributed by atoms with Crippen molar-refractivity contribution in [1.29, 1.82) is 0 Å². The molecule has 5 nitrogen and oxygen atoms in total. The molecule has 1 heterocycles. The number of hydrogen-bond donors (Lipinski definition) is 2. The number of aromatic nitrogens is 2. The quantitative estimate of drug-likeness (QED) is 0.680. The highest BCUT2D eigenvalue weighted by atomic mass is 16.5. The molecular weight excluding hydrogens is 182 g/mol. The number of rotatable bonds is 5. The van der Waals surface area contributed by atoms with Crippen molar-refractivity contribution in [2.75, 3.05) is 6.54 Å². The highest BCUT2D eigenvalue weighted by Gasteiger charge is 2.11. The summed E-state index contributed by atoms with van der Waals surface area (Å²) >= 11 is 0. The Morgan fingerprint density at radius 1 is 1.50 bits per heavy atom. The molecule has 0 saturated heterocycles. The van der Waals surface area contributed by atoms with Crippen LogP contribution in [0.25, 0.3) is 0 Å². The first-order chi connectivity index (χ1) is 6.47. The fourth-order valence-electron chi connectivity index (χ4n) is 1.00. The third-order valence-electron chi connectivity index (χ3n) is 1.76. The second-order valence-electron chi connectivity index (χ2n) is 3.97. The van der Waals surface area contributed by atoms with E-state index in [-0.39, 0.29) is 0 Å². The number of nitrogens with one attached hydrogen (secondary N) is 1. The minimum absolute atomic E-state index is 0.553. The number of aryl methyl sites for hydroxylation is 1. The fraction of sp³-hybridized carbons (Fsp3) is 0.778. The number of nitrogens with zero attached hydrogens (tertiary/aromatic N) is 2. The Labute approximate surface area is 83.5 Å². The molecule has 0 aliphatic carbocycles. The smallest absolute Gasteiger partial charge is 0.240 e. The van der Waals surface area contributed by atoms with Crippen LogP contribution in [0.1, 0.15) is 32.0 Å². The molecule has 2 N–H and O–H groups in total. The van der Waals surface area contributed by atoms with Gasteiger partial charge in [0.1, 0.15) is 0 Å². The van der Waals surface area contributed by atoms with Crippen molar-refractivity contribution in [3.63, 3.8) is 0 Å². The summed E-state index contributed by atoms with van der Waals surface area (Å²) < 4.78 is 4.91. The van der Waals surface area contributed by atoms with Gasteiger partial charge in [0.25, 0.3) is 0 Å². The molecule has 0 saturated carbocycles. The summed E-state index contributed by atoms with van der Waals surface area (Å²) in [6.45, 7) is 6.63. The second kappa shape index (κ2) is 4.52. The predicted molar refractivity (Wildman–Crippen MR) is 51.7 cm³/mol. The topological polar surface area (TPSA) is 71.2 Å². The zero-order valence-corrected chi connectivity index (χ0v) is 8.87. The van der Waals surface area contributed by atoms with E-state index in [4.69, 9.17) is 4.52 Å². The van der Waals surface area contributed by atoms with Gasteiger partial charge in [0, 0.05) is 0 Å². The molecule has 0 fully saturated rings. The van der Waals surface area contributed by atoms with Gasteiger partial charge in [0.05, 0.1) is 12.1 Å². The Hall–Kier alpha value is -0.940. The molecule has 0 amide bonds. The van der Waals surface area contributed by atoms with Gasteiger partial charge in [-0.3, -0.25) is 0 Å². The maximum Gasteiger partial charge on any atom is 0.240 e. The van der Waals surface area contributed by atoms with Gasteiger partial charge < -0.3 is 14.9 Å². The first kappa shape index (κ1) is 11.1. The van der Waals surface area contributed by atoms with Gasteiger partial charge in [-0.25, -0.2) is 0 Å². The first-order valence-corrected chi connectivity index (χ1v) is 4.70. The lowest BCUT2D eigenvalue weighted by Crippen LogP contribution is -2.26. The Balaban J connectivity index is 2.16. The lowest BCUT2D eigenvalue weighted by molar-refractivity contribution is 0.0709. The molecule has 0 bridgehead atoms. The van der Waals surface area contributed by atoms with E-state index >= 15 is 0 Å². The van der Waals surface area contributed by atoms with E-state index in [0.717, 1.165) is 6.54 Å². The van der Waals surface area contributed by atoms with E-state index in [1.54, 1.807) is 20.8 Å². The van der Waals surface area contributed by atoms with Crippen molar-refractivity contribution in [3.8, 4) is 0 Å². The van der Waals surface area contributed by atoms with E-state index in [0.29, 0.717) is 24.7 Å². The molecule has 1 rings (SSSR count). The van der Waals surface area contributed by atoms with Gasteiger partial charge in [0.15, 0.2) is 5.82 Å². The molecule has 0 aromatic carbocycles. The highest BCUT2D eigenvalue weighted by molar-refractivity contribution is 4.82. The molecule has 0 spiro atoms. The zero-order valence-electron chi connectivity index (χ0n) is 8.87. The summed E-state index contributed by atoms with van der Waals surface area (Å²) in [5.74, 6) is 1.22. The zero-order chi connectivity index (χ0) is 10.6. The molecule has 1 aromatic heterocycles. The molecule has 5 heteroatoms. The Morgan fingerprint density at radius 3 is 2.71 bits per heavy atom. The van der Waals surface area contributed by atoms with E-state index in [9.17, 15) is 5.11 Å². The van der Waals surface area contributed by atoms with Crippen LogP contribution in [-0.4, -0.2) is 27.4 Å². The van der Waals surface area contributed by atoms with Crippen LogP contribution < -0.4 is 5.32 Å². The van der Waals surface area contributed by atoms with Crippen molar-refractivity contribution in [3.05, 3.63) is 11.7 Å². The van der Waals surface area contributed by atoms with E-state index in [2.05, 4.69) is 15.5 Å². The van der Waals surface area contributed by atoms with Gasteiger partial charge in [0.2, 0.25) is 5.89 Å². The minimum atomic E-state index is -0.627. The van der Waals surface area contributed by atoms with Crippen LogP contribution in [0.2, 0.25) is 0 Å². The summed E-state index contributed by atoms with van der Waals surface area (Å²) in [4.78, 5) is 4.04. The molecule has 14 heavy (non-hydrogen) atoms. The van der Waals surface area contributed by atoms with Crippen molar-refractivity contribution in [2.24, 2.45) is 0 Å². The average Bonchev–Trinajstić information content (AvgIpc) is 2.44. The highest BCUT2D eigenvalue weighted by Crippen LogP contribution is 2.05. The lowest BCUT2D eigenvalue weighted by atomic mass is 10.1. The predicted octanol–water partition coefficient (Wildman–Crippen LogP) is 0.629. The Kier molecular flexibility index (Phi) is 3.60. The van der Waals surface area contributed by atoms with Crippen LogP contribution >= 0.6 is 0 Å². The first-order valence-electron chi connectivity index (χ1n) is 4.70. The lowest BCUT2D eigenvalue weighted by Gasteiger charge is -2.16.